The predicted molar refractivity (Wildman–Crippen MR) is 79.6 cm³/mol. The maximum absolute atomic E-state index is 12.9. The van der Waals surface area contributed by atoms with Gasteiger partial charge in [0.15, 0.2) is 0 Å². The zero-order valence-electron chi connectivity index (χ0n) is 11.2. The molecule has 0 bridgehead atoms. The Morgan fingerprint density at radius 3 is 2.40 bits per heavy atom. The van der Waals surface area contributed by atoms with E-state index >= 15 is 0 Å². The third-order valence-corrected chi connectivity index (χ3v) is 5.13. The molecule has 20 heavy (non-hydrogen) atoms. The fourth-order valence-corrected chi connectivity index (χ4v) is 3.88. The van der Waals surface area contributed by atoms with E-state index in [4.69, 9.17) is 0 Å². The number of carbonyl (C=O) groups excluding carboxylic acids is 1. The summed E-state index contributed by atoms with van der Waals surface area (Å²) < 4.78 is 14.0. The summed E-state index contributed by atoms with van der Waals surface area (Å²) in [6.45, 7) is 1.53. The van der Waals surface area contributed by atoms with Gasteiger partial charge < -0.3 is 0 Å². The number of carbonyl (C=O) groups is 1. The first-order chi connectivity index (χ1) is 9.65. The zero-order valence-corrected chi connectivity index (χ0v) is 12.9. The maximum atomic E-state index is 12.9. The molecule has 104 valence electrons. The van der Waals surface area contributed by atoms with Crippen LogP contribution in [0.15, 0.2) is 54.6 Å². The third kappa shape index (κ3) is 4.48. The van der Waals surface area contributed by atoms with E-state index in [9.17, 15) is 9.18 Å². The molecular weight excluding hydrogens is 320 g/mol. The number of hydrogen-bond donors (Lipinski definition) is 1. The van der Waals surface area contributed by atoms with Crippen LogP contribution in [0.3, 0.4) is 0 Å². The monoisotopic (exact) mass is 337 g/mol. The van der Waals surface area contributed by atoms with E-state index in [-0.39, 0.29) is 32.7 Å². The molecular formula is C16H16FNOSe. The summed E-state index contributed by atoms with van der Waals surface area (Å²) in [7, 11) is 0. The number of rotatable bonds is 5. The van der Waals surface area contributed by atoms with Crippen LogP contribution in [0.1, 0.15) is 18.5 Å². The molecule has 0 aromatic heterocycles. The first-order valence-electron chi connectivity index (χ1n) is 6.35. The van der Waals surface area contributed by atoms with Gasteiger partial charge in [-0.15, -0.1) is 0 Å². The summed E-state index contributed by atoms with van der Waals surface area (Å²) in [6, 6.07) is 16.5. The van der Waals surface area contributed by atoms with E-state index in [0.29, 0.717) is 0 Å². The van der Waals surface area contributed by atoms with Gasteiger partial charge in [-0.25, -0.2) is 0 Å². The minimum absolute atomic E-state index is 0.0127. The number of halogens is 1. The van der Waals surface area contributed by atoms with Crippen molar-refractivity contribution in [3.63, 3.8) is 0 Å². The predicted octanol–water partition coefficient (Wildman–Crippen LogP) is 2.45. The van der Waals surface area contributed by atoms with Crippen molar-refractivity contribution in [1.29, 1.82) is 0 Å². The molecule has 0 aliphatic carbocycles. The number of benzene rings is 2. The van der Waals surface area contributed by atoms with Crippen molar-refractivity contribution in [3.05, 3.63) is 66.0 Å². The van der Waals surface area contributed by atoms with Crippen LogP contribution in [-0.2, 0) is 4.79 Å². The average Bonchev–Trinajstić information content (AvgIpc) is 2.46. The number of amides is 1. The Bertz CT molecular complexity index is 556. The third-order valence-electron chi connectivity index (χ3n) is 2.81. The molecule has 0 heterocycles. The van der Waals surface area contributed by atoms with Gasteiger partial charge in [0.05, 0.1) is 0 Å². The topological polar surface area (TPSA) is 29.1 Å². The Balaban J connectivity index is 2.04. The fourth-order valence-electron chi connectivity index (χ4n) is 1.86. The summed E-state index contributed by atoms with van der Waals surface area (Å²) in [5.74, 6) is -0.250. The Labute approximate surface area is 124 Å². The van der Waals surface area contributed by atoms with E-state index < -0.39 is 0 Å². The van der Waals surface area contributed by atoms with E-state index in [2.05, 4.69) is 5.32 Å². The van der Waals surface area contributed by atoms with Crippen LogP contribution in [-0.4, -0.2) is 20.9 Å². The Morgan fingerprint density at radius 2 is 1.80 bits per heavy atom. The van der Waals surface area contributed by atoms with Gasteiger partial charge in [0.1, 0.15) is 0 Å². The molecule has 0 aliphatic heterocycles. The summed E-state index contributed by atoms with van der Waals surface area (Å²) in [5.41, 5.74) is 1.10. The zero-order chi connectivity index (χ0) is 14.4. The van der Waals surface area contributed by atoms with Gasteiger partial charge in [-0.3, -0.25) is 0 Å². The van der Waals surface area contributed by atoms with E-state index in [1.54, 1.807) is 0 Å². The molecule has 0 aliphatic rings. The number of hydrogen-bond acceptors (Lipinski definition) is 1. The summed E-state index contributed by atoms with van der Waals surface area (Å²) in [4.78, 5) is 11.3. The van der Waals surface area contributed by atoms with Crippen LogP contribution in [0.25, 0.3) is 0 Å². The Morgan fingerprint density at radius 1 is 1.15 bits per heavy atom. The molecule has 1 atom stereocenters. The molecule has 0 saturated carbocycles. The molecule has 0 saturated heterocycles. The second kappa shape index (κ2) is 7.22. The van der Waals surface area contributed by atoms with Crippen LogP contribution < -0.4 is 9.78 Å². The second-order valence-corrected chi connectivity index (χ2v) is 6.72. The first-order valence-corrected chi connectivity index (χ1v) is 8.42. The van der Waals surface area contributed by atoms with Crippen LogP contribution in [0, 0.1) is 5.82 Å². The van der Waals surface area contributed by atoms with Crippen molar-refractivity contribution in [2.75, 3.05) is 0 Å². The fraction of sp³-hybridized carbons (Fsp3) is 0.188. The van der Waals surface area contributed by atoms with Crippen molar-refractivity contribution >= 4 is 25.3 Å². The van der Waals surface area contributed by atoms with E-state index in [1.165, 1.54) is 19.1 Å². The molecule has 2 rings (SSSR count). The van der Waals surface area contributed by atoms with Crippen molar-refractivity contribution in [2.45, 2.75) is 18.3 Å². The van der Waals surface area contributed by atoms with Crippen molar-refractivity contribution in [3.8, 4) is 0 Å². The van der Waals surface area contributed by atoms with Gasteiger partial charge in [0, 0.05) is 0 Å². The molecule has 0 fully saturated rings. The molecule has 1 unspecified atom stereocenters. The van der Waals surface area contributed by atoms with Gasteiger partial charge >= 0.3 is 124 Å². The van der Waals surface area contributed by atoms with Crippen LogP contribution in [0.5, 0.6) is 0 Å². The van der Waals surface area contributed by atoms with E-state index in [0.717, 1.165) is 15.3 Å². The minimum atomic E-state index is -0.217. The molecule has 4 heteroatoms. The van der Waals surface area contributed by atoms with Gasteiger partial charge in [0.25, 0.3) is 0 Å². The number of nitrogens with one attached hydrogen (secondary N) is 1. The SMILES string of the molecule is CC(=O)NC(C[Se]c1ccc(F)cc1)c1ccccc1. The molecule has 0 spiro atoms. The van der Waals surface area contributed by atoms with E-state index in [1.807, 2.05) is 42.5 Å². The van der Waals surface area contributed by atoms with Gasteiger partial charge in [-0.05, 0) is 0 Å². The van der Waals surface area contributed by atoms with Gasteiger partial charge in [-0.2, -0.15) is 0 Å². The summed E-state index contributed by atoms with van der Waals surface area (Å²) in [5, 5.41) is 3.83. The average molecular weight is 336 g/mol. The molecule has 1 amide bonds. The van der Waals surface area contributed by atoms with Gasteiger partial charge in [0.2, 0.25) is 0 Å². The normalized spacial score (nSPS) is 11.9. The molecule has 1 N–H and O–H groups in total. The summed E-state index contributed by atoms with van der Waals surface area (Å²) >= 11 is 0.191. The molecule has 2 nitrogen and oxygen atoms in total. The first kappa shape index (κ1) is 14.8. The quantitative estimate of drug-likeness (QED) is 0.835. The second-order valence-electron chi connectivity index (χ2n) is 4.43. The standard InChI is InChI=1S/C16H16FNOSe/c1-12(19)18-16(13-5-3-2-4-6-13)11-20-15-9-7-14(17)8-10-15/h2-10,16H,11H2,1H3,(H,18,19). The van der Waals surface area contributed by atoms with Crippen LogP contribution in [0.4, 0.5) is 4.39 Å². The Kier molecular flexibility index (Phi) is 5.33. The van der Waals surface area contributed by atoms with Crippen molar-refractivity contribution < 1.29 is 9.18 Å². The van der Waals surface area contributed by atoms with Crippen molar-refractivity contribution in [1.82, 2.24) is 5.32 Å². The van der Waals surface area contributed by atoms with Gasteiger partial charge in [-0.1, -0.05) is 0 Å². The van der Waals surface area contributed by atoms with Crippen LogP contribution in [0.2, 0.25) is 5.32 Å². The molecule has 0 radical (unpaired) electrons. The molecule has 2 aromatic rings. The Hall–Kier alpha value is -1.64. The van der Waals surface area contributed by atoms with Crippen LogP contribution >= 0.6 is 0 Å². The van der Waals surface area contributed by atoms with Crippen molar-refractivity contribution in [2.24, 2.45) is 0 Å². The molecule has 2 aromatic carbocycles. The summed E-state index contributed by atoms with van der Waals surface area (Å²) in [6.07, 6.45) is 0.